The minimum Gasteiger partial charge on any atom is -0.455 e. The molecule has 1 aromatic heterocycles. The summed E-state index contributed by atoms with van der Waals surface area (Å²) in [4.78, 5) is 0. The number of rotatable bonds is 2. The van der Waals surface area contributed by atoms with Gasteiger partial charge in [-0.2, -0.15) is 0 Å². The molecule has 3 aromatic carbocycles. The lowest BCUT2D eigenvalue weighted by Crippen LogP contribution is -2.32. The molecule has 4 aromatic rings. The lowest BCUT2D eigenvalue weighted by Gasteiger charge is -2.28. The van der Waals surface area contributed by atoms with Crippen molar-refractivity contribution in [2.24, 2.45) is 18.9 Å². The van der Waals surface area contributed by atoms with Gasteiger partial charge in [0.05, 0.1) is 10.9 Å². The van der Waals surface area contributed by atoms with Crippen molar-refractivity contribution in [1.29, 1.82) is 0 Å². The van der Waals surface area contributed by atoms with E-state index in [-0.39, 0.29) is 0 Å². The van der Waals surface area contributed by atoms with Crippen molar-refractivity contribution in [3.05, 3.63) is 65.4 Å². The molecule has 0 amide bonds. The average Bonchev–Trinajstić information content (AvgIpc) is 3.44. The molecule has 3 unspecified atom stereocenters. The van der Waals surface area contributed by atoms with Gasteiger partial charge in [-0.05, 0) is 83.2 Å². The predicted molar refractivity (Wildman–Crippen MR) is 135 cm³/mol. The summed E-state index contributed by atoms with van der Waals surface area (Å²) < 4.78 is 9.25. The zero-order chi connectivity index (χ0) is 22.4. The van der Waals surface area contributed by atoms with Gasteiger partial charge < -0.3 is 4.74 Å². The number of aryl methyl sites for hydroxylation is 2. The number of pyridine rings is 1. The molecule has 1 aliphatic heterocycles. The first-order valence-electron chi connectivity index (χ1n) is 12.7. The van der Waals surface area contributed by atoms with Gasteiger partial charge in [-0.3, -0.25) is 0 Å². The fraction of sp³-hybridized carbons (Fsp3) is 0.387. The number of ether oxygens (including phenoxy) is 1. The molecular weight excluding hydrogens is 402 g/mol. The molecule has 7 rings (SSSR count). The van der Waals surface area contributed by atoms with E-state index in [1.807, 2.05) is 0 Å². The van der Waals surface area contributed by atoms with E-state index in [0.717, 1.165) is 23.3 Å². The van der Waals surface area contributed by atoms with Crippen molar-refractivity contribution in [1.82, 2.24) is 0 Å². The number of benzene rings is 3. The van der Waals surface area contributed by atoms with Gasteiger partial charge in [0.2, 0.25) is 5.69 Å². The van der Waals surface area contributed by atoms with E-state index < -0.39 is 0 Å². The largest absolute Gasteiger partial charge is 0.455 e. The van der Waals surface area contributed by atoms with Crippen LogP contribution in [-0.4, -0.2) is 0 Å². The smallest absolute Gasteiger partial charge is 0.228 e. The monoisotopic (exact) mass is 434 g/mol. The average molecular weight is 435 g/mol. The predicted octanol–water partition coefficient (Wildman–Crippen LogP) is 7.93. The van der Waals surface area contributed by atoms with Gasteiger partial charge in [0.1, 0.15) is 18.5 Å². The first kappa shape index (κ1) is 19.6. The lowest BCUT2D eigenvalue weighted by atomic mass is 9.81. The highest BCUT2D eigenvalue weighted by Gasteiger charge is 2.41. The van der Waals surface area contributed by atoms with E-state index in [9.17, 15) is 0 Å². The highest BCUT2D eigenvalue weighted by atomic mass is 16.5. The van der Waals surface area contributed by atoms with E-state index >= 15 is 0 Å². The molecule has 166 valence electrons. The van der Waals surface area contributed by atoms with Crippen LogP contribution in [0.5, 0.6) is 11.5 Å². The van der Waals surface area contributed by atoms with Gasteiger partial charge in [-0.15, -0.1) is 0 Å². The van der Waals surface area contributed by atoms with Gasteiger partial charge in [0.25, 0.3) is 0 Å². The molecule has 2 fully saturated rings. The Hall–Kier alpha value is -2.87. The van der Waals surface area contributed by atoms with Crippen molar-refractivity contribution in [3.8, 4) is 22.8 Å². The van der Waals surface area contributed by atoms with Gasteiger partial charge in [0, 0.05) is 11.6 Å². The first-order chi connectivity index (χ1) is 16.0. The summed E-state index contributed by atoms with van der Waals surface area (Å²) >= 11 is 0. The fourth-order valence-corrected chi connectivity index (χ4v) is 7.42. The maximum absolute atomic E-state index is 6.95. The van der Waals surface area contributed by atoms with Crippen LogP contribution in [0.4, 0.5) is 0 Å². The van der Waals surface area contributed by atoms with Crippen LogP contribution in [0.15, 0.2) is 48.7 Å². The van der Waals surface area contributed by atoms with Gasteiger partial charge >= 0.3 is 0 Å². The topological polar surface area (TPSA) is 13.1 Å². The minimum absolute atomic E-state index is 0.379. The molecule has 2 nitrogen and oxygen atoms in total. The molecular formula is C31H32NO+. The first-order valence-corrected chi connectivity index (χ1v) is 12.7. The third-order valence-corrected chi connectivity index (χ3v) is 8.88. The Labute approximate surface area is 196 Å². The summed E-state index contributed by atoms with van der Waals surface area (Å²) in [5, 5.41) is 5.25. The van der Waals surface area contributed by atoms with Crippen molar-refractivity contribution in [2.45, 2.75) is 58.3 Å². The molecule has 2 bridgehead atoms. The zero-order valence-corrected chi connectivity index (χ0v) is 20.1. The molecule has 0 N–H and O–H groups in total. The molecule has 2 heteroatoms. The van der Waals surface area contributed by atoms with Crippen molar-refractivity contribution >= 4 is 21.5 Å². The maximum atomic E-state index is 6.95. The Kier molecular flexibility index (Phi) is 4.05. The Bertz CT molecular complexity index is 1460. The fourth-order valence-electron chi connectivity index (χ4n) is 7.42. The molecule has 3 atom stereocenters. The highest BCUT2D eigenvalue weighted by molar-refractivity contribution is 6.06. The molecule has 2 saturated carbocycles. The Morgan fingerprint density at radius 2 is 1.82 bits per heavy atom. The molecule has 2 heterocycles. The molecule has 2 aliphatic carbocycles. The van der Waals surface area contributed by atoms with Crippen LogP contribution in [0.2, 0.25) is 0 Å². The maximum Gasteiger partial charge on any atom is 0.228 e. The van der Waals surface area contributed by atoms with Crippen LogP contribution in [0.3, 0.4) is 0 Å². The normalized spacial score (nSPS) is 22.9. The summed E-state index contributed by atoms with van der Waals surface area (Å²) in [6.45, 7) is 6.85. The quantitative estimate of drug-likeness (QED) is 0.257. The van der Waals surface area contributed by atoms with E-state index in [0.29, 0.717) is 11.8 Å². The summed E-state index contributed by atoms with van der Waals surface area (Å²) in [5.41, 5.74) is 6.71. The second-order valence-electron chi connectivity index (χ2n) is 11.1. The zero-order valence-electron chi connectivity index (χ0n) is 20.1. The van der Waals surface area contributed by atoms with E-state index in [1.165, 1.54) is 75.2 Å². The van der Waals surface area contributed by atoms with Crippen LogP contribution < -0.4 is 9.30 Å². The molecule has 3 aliphatic rings. The number of nitrogens with zero attached hydrogens (tertiary/aromatic N) is 1. The molecule has 0 radical (unpaired) electrons. The van der Waals surface area contributed by atoms with E-state index in [2.05, 4.69) is 81.0 Å². The number of hydrogen-bond acceptors (Lipinski definition) is 1. The number of hydrogen-bond donors (Lipinski definition) is 0. The SMILES string of the molecule is Cc1c2c(c(C(C)C)c3ccccc13)Oc1cc(C3CC4CCC3C4)cc3cc[n+](C)c-2c13. The minimum atomic E-state index is 0.379. The molecule has 0 saturated heterocycles. The Morgan fingerprint density at radius 1 is 1.00 bits per heavy atom. The Balaban J connectivity index is 1.55. The second kappa shape index (κ2) is 6.82. The van der Waals surface area contributed by atoms with Crippen molar-refractivity contribution in [3.63, 3.8) is 0 Å². The van der Waals surface area contributed by atoms with Crippen LogP contribution in [0.1, 0.15) is 68.1 Å². The summed E-state index contributed by atoms with van der Waals surface area (Å²) in [5.74, 6) is 5.02. The molecule has 33 heavy (non-hydrogen) atoms. The second-order valence-corrected chi connectivity index (χ2v) is 11.1. The number of fused-ring (bicyclic) bond motifs is 5. The standard InChI is InChI=1S/C31H32NO/c1-17(2)27-24-8-6-5-7-23(24)18(3)28-30-29-21(11-12-32(30)4)15-22(16-26(29)33-31(27)28)25-14-19-9-10-20(25)13-19/h5-8,11-12,15-17,19-20,25H,9-10,13-14H2,1-4H3/q+1. The molecule has 0 spiro atoms. The summed E-state index contributed by atoms with van der Waals surface area (Å²) in [6.07, 6.45) is 7.88. The third-order valence-electron chi connectivity index (χ3n) is 8.88. The van der Waals surface area contributed by atoms with Gasteiger partial charge in [-0.1, -0.05) is 50.6 Å². The lowest BCUT2D eigenvalue weighted by molar-refractivity contribution is -0.659. The van der Waals surface area contributed by atoms with E-state index in [1.54, 1.807) is 0 Å². The highest BCUT2D eigenvalue weighted by Crippen LogP contribution is 2.56. The van der Waals surface area contributed by atoms with Crippen LogP contribution in [-0.2, 0) is 7.05 Å². The third kappa shape index (κ3) is 2.64. The van der Waals surface area contributed by atoms with Crippen molar-refractivity contribution in [2.75, 3.05) is 0 Å². The summed E-state index contributed by atoms with van der Waals surface area (Å²) in [7, 11) is 2.18. The van der Waals surface area contributed by atoms with Crippen LogP contribution in [0, 0.1) is 18.8 Å². The van der Waals surface area contributed by atoms with Crippen LogP contribution in [0.25, 0.3) is 32.8 Å². The number of aromatic nitrogens is 1. The Morgan fingerprint density at radius 3 is 2.55 bits per heavy atom. The van der Waals surface area contributed by atoms with Crippen molar-refractivity contribution < 1.29 is 9.30 Å². The van der Waals surface area contributed by atoms with Crippen LogP contribution >= 0.6 is 0 Å². The summed E-state index contributed by atoms with van der Waals surface area (Å²) in [6, 6.07) is 16.0. The van der Waals surface area contributed by atoms with Gasteiger partial charge in [0.15, 0.2) is 6.20 Å². The van der Waals surface area contributed by atoms with Gasteiger partial charge in [-0.25, -0.2) is 4.57 Å². The van der Waals surface area contributed by atoms with E-state index in [4.69, 9.17) is 4.74 Å².